The third kappa shape index (κ3) is 6.84. The Kier molecular flexibility index (Phi) is 7.61. The SMILES string of the molecule is Cc1ccc(S(=O)(=O)NCC2CCCN(C(=O)NCCCC(=O)O)C2)cc1. The highest BCUT2D eigenvalue weighted by Crippen LogP contribution is 2.17. The van der Waals surface area contributed by atoms with E-state index in [1.165, 1.54) is 0 Å². The minimum absolute atomic E-state index is 0.0176. The number of carbonyl (C=O) groups excluding carboxylic acids is 1. The van der Waals surface area contributed by atoms with Crippen LogP contribution in [0.25, 0.3) is 0 Å². The molecule has 1 aromatic rings. The fourth-order valence-electron chi connectivity index (χ4n) is 2.99. The Balaban J connectivity index is 1.81. The zero-order chi connectivity index (χ0) is 19.9. The van der Waals surface area contributed by atoms with Crippen LogP contribution >= 0.6 is 0 Å². The lowest BCUT2D eigenvalue weighted by Crippen LogP contribution is -2.47. The monoisotopic (exact) mass is 397 g/mol. The summed E-state index contributed by atoms with van der Waals surface area (Å²) < 4.78 is 27.4. The second-order valence-corrected chi connectivity index (χ2v) is 8.62. The average molecular weight is 397 g/mol. The topological polar surface area (TPSA) is 116 Å². The summed E-state index contributed by atoms with van der Waals surface area (Å²) in [5.41, 5.74) is 0.992. The van der Waals surface area contributed by atoms with Gasteiger partial charge in [-0.15, -0.1) is 0 Å². The molecule has 0 bridgehead atoms. The first-order valence-electron chi connectivity index (χ1n) is 9.09. The Bertz CT molecular complexity index is 749. The minimum Gasteiger partial charge on any atom is -0.481 e. The number of nitrogens with zero attached hydrogens (tertiary/aromatic N) is 1. The van der Waals surface area contributed by atoms with Gasteiger partial charge in [0.25, 0.3) is 0 Å². The summed E-state index contributed by atoms with van der Waals surface area (Å²) in [7, 11) is -3.56. The smallest absolute Gasteiger partial charge is 0.317 e. The van der Waals surface area contributed by atoms with Crippen LogP contribution in [-0.4, -0.2) is 56.6 Å². The van der Waals surface area contributed by atoms with Crippen LogP contribution in [0.5, 0.6) is 0 Å². The van der Waals surface area contributed by atoms with E-state index in [4.69, 9.17) is 5.11 Å². The van der Waals surface area contributed by atoms with Crippen molar-refractivity contribution in [3.8, 4) is 0 Å². The molecule has 1 saturated heterocycles. The number of aliphatic carboxylic acids is 1. The fourth-order valence-corrected chi connectivity index (χ4v) is 4.11. The zero-order valence-corrected chi connectivity index (χ0v) is 16.3. The summed E-state index contributed by atoms with van der Waals surface area (Å²) >= 11 is 0. The Labute approximate surface area is 160 Å². The first kappa shape index (κ1) is 21.2. The molecular weight excluding hydrogens is 370 g/mol. The molecule has 1 aliphatic rings. The van der Waals surface area contributed by atoms with E-state index in [0.717, 1.165) is 18.4 Å². The van der Waals surface area contributed by atoms with E-state index in [-0.39, 0.29) is 29.8 Å². The highest BCUT2D eigenvalue weighted by molar-refractivity contribution is 7.89. The number of benzene rings is 1. The lowest BCUT2D eigenvalue weighted by atomic mass is 9.99. The molecule has 3 N–H and O–H groups in total. The number of piperidine rings is 1. The normalized spacial score (nSPS) is 17.5. The quantitative estimate of drug-likeness (QED) is 0.576. The van der Waals surface area contributed by atoms with Crippen LogP contribution in [0, 0.1) is 12.8 Å². The molecule has 1 atom stereocenters. The molecule has 1 unspecified atom stereocenters. The minimum atomic E-state index is -3.56. The van der Waals surface area contributed by atoms with Gasteiger partial charge < -0.3 is 15.3 Å². The molecule has 0 spiro atoms. The van der Waals surface area contributed by atoms with Gasteiger partial charge in [0.15, 0.2) is 0 Å². The molecule has 0 aromatic heterocycles. The van der Waals surface area contributed by atoms with Gasteiger partial charge in [-0.25, -0.2) is 17.9 Å². The lowest BCUT2D eigenvalue weighted by molar-refractivity contribution is -0.137. The van der Waals surface area contributed by atoms with E-state index in [1.807, 2.05) is 6.92 Å². The average Bonchev–Trinajstić information content (AvgIpc) is 2.64. The number of amides is 2. The van der Waals surface area contributed by atoms with Crippen molar-refractivity contribution >= 4 is 22.0 Å². The summed E-state index contributed by atoms with van der Waals surface area (Å²) in [4.78, 5) is 24.5. The number of sulfonamides is 1. The molecule has 2 rings (SSSR count). The summed E-state index contributed by atoms with van der Waals surface area (Å²) in [5, 5.41) is 11.3. The van der Waals surface area contributed by atoms with E-state index < -0.39 is 16.0 Å². The molecule has 8 nitrogen and oxygen atoms in total. The Hall–Kier alpha value is -2.13. The first-order valence-corrected chi connectivity index (χ1v) is 10.6. The molecule has 1 aromatic carbocycles. The third-order valence-corrected chi connectivity index (χ3v) is 5.98. The molecule has 1 aliphatic heterocycles. The van der Waals surface area contributed by atoms with Crippen molar-refractivity contribution in [3.05, 3.63) is 29.8 Å². The first-order chi connectivity index (χ1) is 12.8. The predicted molar refractivity (Wildman–Crippen MR) is 101 cm³/mol. The summed E-state index contributed by atoms with van der Waals surface area (Å²) in [6, 6.07) is 6.44. The molecule has 0 radical (unpaired) electrons. The van der Waals surface area contributed by atoms with Gasteiger partial charge in [0.1, 0.15) is 0 Å². The summed E-state index contributed by atoms with van der Waals surface area (Å²) in [6.07, 6.45) is 2.05. The van der Waals surface area contributed by atoms with E-state index >= 15 is 0 Å². The van der Waals surface area contributed by atoms with Crippen molar-refractivity contribution in [2.45, 2.75) is 37.5 Å². The molecule has 2 amide bonds. The molecule has 1 heterocycles. The van der Waals surface area contributed by atoms with E-state index in [1.54, 1.807) is 29.2 Å². The van der Waals surface area contributed by atoms with Gasteiger partial charge in [0.05, 0.1) is 4.90 Å². The van der Waals surface area contributed by atoms with Crippen LogP contribution in [0.1, 0.15) is 31.2 Å². The summed E-state index contributed by atoms with van der Waals surface area (Å²) in [5.74, 6) is -0.841. The van der Waals surface area contributed by atoms with E-state index in [0.29, 0.717) is 26.1 Å². The van der Waals surface area contributed by atoms with Crippen molar-refractivity contribution in [2.24, 2.45) is 5.92 Å². The number of carboxylic acids is 1. The van der Waals surface area contributed by atoms with Crippen LogP contribution in [0.2, 0.25) is 0 Å². The lowest BCUT2D eigenvalue weighted by Gasteiger charge is -2.32. The highest BCUT2D eigenvalue weighted by Gasteiger charge is 2.25. The largest absolute Gasteiger partial charge is 0.481 e. The van der Waals surface area contributed by atoms with Gasteiger partial charge >= 0.3 is 12.0 Å². The summed E-state index contributed by atoms with van der Waals surface area (Å²) in [6.45, 7) is 3.58. The number of aryl methyl sites for hydroxylation is 1. The van der Waals surface area contributed by atoms with E-state index in [9.17, 15) is 18.0 Å². The van der Waals surface area contributed by atoms with Crippen molar-refractivity contribution in [2.75, 3.05) is 26.2 Å². The van der Waals surface area contributed by atoms with Gasteiger partial charge in [-0.2, -0.15) is 0 Å². The maximum atomic E-state index is 12.4. The number of likely N-dealkylation sites (tertiary alicyclic amines) is 1. The van der Waals surface area contributed by atoms with Gasteiger partial charge in [0.2, 0.25) is 10.0 Å². The van der Waals surface area contributed by atoms with Gasteiger partial charge in [-0.1, -0.05) is 17.7 Å². The van der Waals surface area contributed by atoms with Crippen molar-refractivity contribution < 1.29 is 23.1 Å². The van der Waals surface area contributed by atoms with Crippen LogP contribution in [0.4, 0.5) is 4.79 Å². The molecule has 150 valence electrons. The molecule has 0 saturated carbocycles. The Morgan fingerprint density at radius 3 is 2.63 bits per heavy atom. The number of nitrogens with one attached hydrogen (secondary N) is 2. The van der Waals surface area contributed by atoms with Crippen molar-refractivity contribution in [1.82, 2.24) is 14.9 Å². The second kappa shape index (κ2) is 9.70. The number of carbonyl (C=O) groups is 2. The van der Waals surface area contributed by atoms with Crippen molar-refractivity contribution in [1.29, 1.82) is 0 Å². The van der Waals surface area contributed by atoms with Gasteiger partial charge in [-0.05, 0) is 44.2 Å². The Morgan fingerprint density at radius 1 is 1.26 bits per heavy atom. The fraction of sp³-hybridized carbons (Fsp3) is 0.556. The predicted octanol–water partition coefficient (Wildman–Crippen LogP) is 1.56. The molecule has 0 aliphatic carbocycles. The zero-order valence-electron chi connectivity index (χ0n) is 15.5. The molecule has 27 heavy (non-hydrogen) atoms. The second-order valence-electron chi connectivity index (χ2n) is 6.85. The maximum absolute atomic E-state index is 12.4. The van der Waals surface area contributed by atoms with E-state index in [2.05, 4.69) is 10.0 Å². The van der Waals surface area contributed by atoms with Crippen LogP contribution in [0.15, 0.2) is 29.2 Å². The standard InChI is InChI=1S/C18H27N3O5S/c1-14-6-8-16(9-7-14)27(25,26)20-12-15-4-3-11-21(13-15)18(24)19-10-2-5-17(22)23/h6-9,15,20H,2-5,10-13H2,1H3,(H,19,24)(H,22,23). The van der Waals surface area contributed by atoms with Crippen LogP contribution < -0.4 is 10.0 Å². The molecule has 9 heteroatoms. The van der Waals surface area contributed by atoms with Crippen molar-refractivity contribution in [3.63, 3.8) is 0 Å². The van der Waals surface area contributed by atoms with Gasteiger partial charge in [-0.3, -0.25) is 4.79 Å². The Morgan fingerprint density at radius 2 is 1.96 bits per heavy atom. The molecular formula is C18H27N3O5S. The highest BCUT2D eigenvalue weighted by atomic mass is 32.2. The molecule has 1 fully saturated rings. The van der Waals surface area contributed by atoms with Crippen LogP contribution in [0.3, 0.4) is 0 Å². The number of rotatable bonds is 8. The number of hydrogen-bond donors (Lipinski definition) is 3. The maximum Gasteiger partial charge on any atom is 0.317 e. The number of hydrogen-bond acceptors (Lipinski definition) is 4. The number of urea groups is 1. The van der Waals surface area contributed by atoms with Crippen LogP contribution in [-0.2, 0) is 14.8 Å². The number of carboxylic acid groups (broad SMARTS) is 1. The van der Waals surface area contributed by atoms with Gasteiger partial charge in [0, 0.05) is 32.6 Å². The third-order valence-electron chi connectivity index (χ3n) is 4.54.